The van der Waals surface area contributed by atoms with Crippen LogP contribution in [-0.4, -0.2) is 51.9 Å². The lowest BCUT2D eigenvalue weighted by Gasteiger charge is -2.20. The third-order valence-electron chi connectivity index (χ3n) is 4.62. The standard InChI is InChI=1S/C21H21ClN2O6S2/c1-4-24(32(27,28)15-6-7-17(29-2)16(22)11-15)12-20(25)23-14-5-8-18-13(9-14)10-19(31-18)21(26)30-3/h5-11H,4,12H2,1-3H3,(H,23,25). The molecule has 1 N–H and O–H groups in total. The Hall–Kier alpha value is -2.66. The van der Waals surface area contributed by atoms with Gasteiger partial charge in [0.15, 0.2) is 0 Å². The second-order valence-corrected chi connectivity index (χ2v) is 10.1. The van der Waals surface area contributed by atoms with E-state index in [1.54, 1.807) is 31.2 Å². The third kappa shape index (κ3) is 5.04. The van der Waals surface area contributed by atoms with Crippen molar-refractivity contribution in [1.82, 2.24) is 4.31 Å². The summed E-state index contributed by atoms with van der Waals surface area (Å²) in [5.41, 5.74) is 0.484. The van der Waals surface area contributed by atoms with Crippen molar-refractivity contribution in [3.8, 4) is 5.75 Å². The quantitative estimate of drug-likeness (QED) is 0.473. The summed E-state index contributed by atoms with van der Waals surface area (Å²) >= 11 is 7.34. The molecular formula is C21H21ClN2O6S2. The van der Waals surface area contributed by atoms with E-state index < -0.39 is 21.9 Å². The van der Waals surface area contributed by atoms with Gasteiger partial charge in [0.05, 0.1) is 30.7 Å². The van der Waals surface area contributed by atoms with Crippen LogP contribution in [0.5, 0.6) is 5.75 Å². The van der Waals surface area contributed by atoms with Crippen molar-refractivity contribution in [2.24, 2.45) is 0 Å². The highest BCUT2D eigenvalue weighted by molar-refractivity contribution is 7.89. The highest BCUT2D eigenvalue weighted by atomic mass is 35.5. The van der Waals surface area contributed by atoms with Crippen LogP contribution in [0.2, 0.25) is 5.02 Å². The number of halogens is 1. The number of carbonyl (C=O) groups excluding carboxylic acids is 2. The first-order valence-corrected chi connectivity index (χ1v) is 12.1. The molecule has 1 heterocycles. The summed E-state index contributed by atoms with van der Waals surface area (Å²) in [5.74, 6) is -0.581. The predicted molar refractivity (Wildman–Crippen MR) is 124 cm³/mol. The summed E-state index contributed by atoms with van der Waals surface area (Å²) < 4.78 is 37.6. The van der Waals surface area contributed by atoms with Crippen LogP contribution in [0, 0.1) is 0 Å². The number of nitrogens with zero attached hydrogens (tertiary/aromatic N) is 1. The van der Waals surface area contributed by atoms with E-state index in [-0.39, 0.29) is 23.0 Å². The number of benzene rings is 2. The number of amides is 1. The van der Waals surface area contributed by atoms with Crippen LogP contribution in [0.3, 0.4) is 0 Å². The Kier molecular flexibility index (Phi) is 7.40. The topological polar surface area (TPSA) is 102 Å². The number of sulfonamides is 1. The van der Waals surface area contributed by atoms with E-state index in [0.717, 1.165) is 14.4 Å². The van der Waals surface area contributed by atoms with Gasteiger partial charge in [-0.1, -0.05) is 18.5 Å². The van der Waals surface area contributed by atoms with Crippen LogP contribution >= 0.6 is 22.9 Å². The van der Waals surface area contributed by atoms with Gasteiger partial charge >= 0.3 is 5.97 Å². The zero-order valence-corrected chi connectivity index (χ0v) is 19.9. The molecule has 0 radical (unpaired) electrons. The minimum atomic E-state index is -3.95. The fourth-order valence-electron chi connectivity index (χ4n) is 3.01. The number of fused-ring (bicyclic) bond motifs is 1. The number of methoxy groups -OCH3 is 2. The van der Waals surface area contributed by atoms with E-state index in [0.29, 0.717) is 16.3 Å². The van der Waals surface area contributed by atoms with Crippen molar-refractivity contribution in [3.63, 3.8) is 0 Å². The maximum Gasteiger partial charge on any atom is 0.348 e. The number of esters is 1. The molecule has 3 rings (SSSR count). The molecule has 3 aromatic rings. The van der Waals surface area contributed by atoms with Crippen molar-refractivity contribution in [1.29, 1.82) is 0 Å². The van der Waals surface area contributed by atoms with Gasteiger partial charge in [0.2, 0.25) is 15.9 Å². The minimum absolute atomic E-state index is 0.0343. The SMILES string of the molecule is CCN(CC(=O)Nc1ccc2sc(C(=O)OC)cc2c1)S(=O)(=O)c1ccc(OC)c(Cl)c1. The van der Waals surface area contributed by atoms with Gasteiger partial charge in [0.1, 0.15) is 10.6 Å². The molecule has 0 unspecified atom stereocenters. The van der Waals surface area contributed by atoms with Gasteiger partial charge < -0.3 is 14.8 Å². The average molecular weight is 497 g/mol. The molecule has 0 spiro atoms. The summed E-state index contributed by atoms with van der Waals surface area (Å²) in [7, 11) is -1.20. The number of hydrogen-bond donors (Lipinski definition) is 1. The Morgan fingerprint density at radius 1 is 1.12 bits per heavy atom. The molecule has 8 nitrogen and oxygen atoms in total. The van der Waals surface area contributed by atoms with Gasteiger partial charge in [0, 0.05) is 16.9 Å². The molecule has 0 saturated heterocycles. The number of likely N-dealkylation sites (N-methyl/N-ethyl adjacent to an activating group) is 1. The highest BCUT2D eigenvalue weighted by Crippen LogP contribution is 2.30. The van der Waals surface area contributed by atoms with Gasteiger partial charge in [-0.15, -0.1) is 11.3 Å². The molecule has 1 aromatic heterocycles. The second-order valence-electron chi connectivity index (χ2n) is 6.63. The Balaban J connectivity index is 1.76. The zero-order chi connectivity index (χ0) is 23.5. The summed E-state index contributed by atoms with van der Waals surface area (Å²) in [6.07, 6.45) is 0. The third-order valence-corrected chi connectivity index (χ3v) is 7.93. The highest BCUT2D eigenvalue weighted by Gasteiger charge is 2.26. The fourth-order valence-corrected chi connectivity index (χ4v) is 5.72. The number of anilines is 1. The van der Waals surface area contributed by atoms with E-state index in [2.05, 4.69) is 5.32 Å². The van der Waals surface area contributed by atoms with Crippen LogP contribution in [-0.2, 0) is 19.6 Å². The van der Waals surface area contributed by atoms with Crippen LogP contribution in [0.15, 0.2) is 47.4 Å². The number of ether oxygens (including phenoxy) is 2. The van der Waals surface area contributed by atoms with E-state index in [1.165, 1.54) is 43.8 Å². The van der Waals surface area contributed by atoms with Crippen molar-refractivity contribution in [2.45, 2.75) is 11.8 Å². The lowest BCUT2D eigenvalue weighted by atomic mass is 10.2. The summed E-state index contributed by atoms with van der Waals surface area (Å²) in [6, 6.07) is 11.0. The summed E-state index contributed by atoms with van der Waals surface area (Å²) in [4.78, 5) is 24.7. The number of carbonyl (C=O) groups is 2. The van der Waals surface area contributed by atoms with Gasteiger partial charge in [-0.3, -0.25) is 4.79 Å². The molecular weight excluding hydrogens is 476 g/mol. The van der Waals surface area contributed by atoms with Gasteiger partial charge in [0.25, 0.3) is 0 Å². The van der Waals surface area contributed by atoms with E-state index in [4.69, 9.17) is 21.1 Å². The molecule has 0 aliphatic carbocycles. The summed E-state index contributed by atoms with van der Waals surface area (Å²) in [5, 5.41) is 3.62. The molecule has 170 valence electrons. The normalized spacial score (nSPS) is 11.5. The molecule has 0 saturated carbocycles. The molecule has 1 amide bonds. The number of thiophene rings is 1. The van der Waals surface area contributed by atoms with E-state index >= 15 is 0 Å². The second kappa shape index (κ2) is 9.86. The maximum absolute atomic E-state index is 13.0. The molecule has 0 aliphatic rings. The van der Waals surface area contributed by atoms with Gasteiger partial charge in [-0.2, -0.15) is 4.31 Å². The number of nitrogens with one attached hydrogen (secondary N) is 1. The molecule has 32 heavy (non-hydrogen) atoms. The van der Waals surface area contributed by atoms with E-state index in [9.17, 15) is 18.0 Å². The van der Waals surface area contributed by atoms with Crippen LogP contribution < -0.4 is 10.1 Å². The van der Waals surface area contributed by atoms with Crippen molar-refractivity contribution in [3.05, 3.63) is 52.4 Å². The maximum atomic E-state index is 13.0. The van der Waals surface area contributed by atoms with Crippen LogP contribution in [0.1, 0.15) is 16.6 Å². The van der Waals surface area contributed by atoms with Gasteiger partial charge in [-0.05, 0) is 47.9 Å². The number of hydrogen-bond acceptors (Lipinski definition) is 7. The molecule has 11 heteroatoms. The molecule has 0 bridgehead atoms. The lowest BCUT2D eigenvalue weighted by Crippen LogP contribution is -2.37. The molecule has 0 fully saturated rings. The Labute approximate surface area is 194 Å². The lowest BCUT2D eigenvalue weighted by molar-refractivity contribution is -0.116. The van der Waals surface area contributed by atoms with Crippen LogP contribution in [0.4, 0.5) is 5.69 Å². The van der Waals surface area contributed by atoms with Gasteiger partial charge in [-0.25, -0.2) is 13.2 Å². The van der Waals surface area contributed by atoms with Crippen molar-refractivity contribution < 1.29 is 27.5 Å². The van der Waals surface area contributed by atoms with E-state index in [1.807, 2.05) is 0 Å². The minimum Gasteiger partial charge on any atom is -0.495 e. The smallest absolute Gasteiger partial charge is 0.348 e. The summed E-state index contributed by atoms with van der Waals surface area (Å²) in [6.45, 7) is 1.35. The first-order valence-electron chi connectivity index (χ1n) is 9.45. The Bertz CT molecular complexity index is 1270. The van der Waals surface area contributed by atoms with Crippen LogP contribution in [0.25, 0.3) is 10.1 Å². The Morgan fingerprint density at radius 2 is 1.88 bits per heavy atom. The zero-order valence-electron chi connectivity index (χ0n) is 17.5. The first-order chi connectivity index (χ1) is 15.2. The predicted octanol–water partition coefficient (Wildman–Crippen LogP) is 4.00. The monoisotopic (exact) mass is 496 g/mol. The fraction of sp³-hybridized carbons (Fsp3) is 0.238. The molecule has 2 aromatic carbocycles. The Morgan fingerprint density at radius 3 is 2.50 bits per heavy atom. The average Bonchev–Trinajstić information content (AvgIpc) is 3.20. The first kappa shape index (κ1) is 24.0. The van der Waals surface area contributed by atoms with Crippen molar-refractivity contribution in [2.75, 3.05) is 32.6 Å². The number of rotatable bonds is 8. The molecule has 0 atom stereocenters. The largest absolute Gasteiger partial charge is 0.495 e. The molecule has 0 aliphatic heterocycles. The van der Waals surface area contributed by atoms with Crippen molar-refractivity contribution >= 4 is 60.6 Å².